The van der Waals surface area contributed by atoms with Gasteiger partial charge in [-0.05, 0) is 50.3 Å². The third-order valence-electron chi connectivity index (χ3n) is 4.27. The fourth-order valence-corrected chi connectivity index (χ4v) is 3.34. The van der Waals surface area contributed by atoms with Crippen LogP contribution in [0.15, 0.2) is 12.1 Å². The van der Waals surface area contributed by atoms with E-state index in [2.05, 4.69) is 31.5 Å². The first kappa shape index (κ1) is 12.0. The van der Waals surface area contributed by atoms with Gasteiger partial charge in [0.1, 0.15) is 11.4 Å². The Bertz CT molecular complexity index is 466. The van der Waals surface area contributed by atoms with Crippen molar-refractivity contribution in [2.75, 3.05) is 7.11 Å². The first-order chi connectivity index (χ1) is 8.63. The number of rotatable bonds is 2. The number of aryl methyl sites for hydroxylation is 2. The lowest BCUT2D eigenvalue weighted by Gasteiger charge is -2.48. The predicted octanol–water partition coefficient (Wildman–Crippen LogP) is 3.20. The van der Waals surface area contributed by atoms with Crippen molar-refractivity contribution in [1.82, 2.24) is 5.48 Å². The molecule has 1 spiro atoms. The fourth-order valence-electron chi connectivity index (χ4n) is 3.34. The van der Waals surface area contributed by atoms with Gasteiger partial charge in [-0.3, -0.25) is 0 Å². The number of ether oxygens (including phenoxy) is 1. The molecular weight excluding hydrogens is 226 g/mol. The molecule has 1 aliphatic heterocycles. The number of hydrogen-bond acceptors (Lipinski definition) is 3. The Labute approximate surface area is 108 Å². The van der Waals surface area contributed by atoms with Gasteiger partial charge in [-0.25, -0.2) is 0 Å². The summed E-state index contributed by atoms with van der Waals surface area (Å²) in [6.45, 7) is 4.27. The van der Waals surface area contributed by atoms with E-state index >= 15 is 0 Å². The molecule has 0 saturated heterocycles. The lowest BCUT2D eigenvalue weighted by atomic mass is 9.72. The Balaban J connectivity index is 2.03. The standard InChI is InChI=1S/C15H21NO2/c1-10-7-11(2)14-12(16-17-3)9-15(5-4-6-15)18-13(14)8-10/h7-8,12,16H,4-6,9H2,1-3H3. The molecule has 2 aliphatic rings. The third-order valence-corrected chi connectivity index (χ3v) is 4.27. The highest BCUT2D eigenvalue weighted by Gasteiger charge is 2.46. The maximum absolute atomic E-state index is 6.30. The summed E-state index contributed by atoms with van der Waals surface area (Å²) in [7, 11) is 1.69. The Morgan fingerprint density at radius 3 is 2.72 bits per heavy atom. The van der Waals surface area contributed by atoms with Crippen molar-refractivity contribution in [2.24, 2.45) is 0 Å². The fraction of sp³-hybridized carbons (Fsp3) is 0.600. The monoisotopic (exact) mass is 247 g/mol. The number of fused-ring (bicyclic) bond motifs is 1. The van der Waals surface area contributed by atoms with Gasteiger partial charge >= 0.3 is 0 Å². The average molecular weight is 247 g/mol. The molecule has 1 heterocycles. The van der Waals surface area contributed by atoms with Crippen molar-refractivity contribution in [2.45, 2.75) is 51.2 Å². The molecule has 0 amide bonds. The van der Waals surface area contributed by atoms with E-state index in [1.54, 1.807) is 7.11 Å². The Morgan fingerprint density at radius 2 is 2.11 bits per heavy atom. The summed E-state index contributed by atoms with van der Waals surface area (Å²) in [5.41, 5.74) is 7.02. The Hall–Kier alpha value is -1.06. The summed E-state index contributed by atoms with van der Waals surface area (Å²) >= 11 is 0. The molecule has 0 bridgehead atoms. The molecule has 1 aromatic carbocycles. The SMILES string of the molecule is CONC1CC2(CCC2)Oc2cc(C)cc(C)c21. The first-order valence-electron chi connectivity index (χ1n) is 6.72. The maximum Gasteiger partial charge on any atom is 0.125 e. The molecule has 0 radical (unpaired) electrons. The van der Waals surface area contributed by atoms with Crippen LogP contribution in [0.2, 0.25) is 0 Å². The zero-order chi connectivity index (χ0) is 12.8. The van der Waals surface area contributed by atoms with Gasteiger partial charge in [0.15, 0.2) is 0 Å². The third kappa shape index (κ3) is 1.82. The highest BCUT2D eigenvalue weighted by Crippen LogP contribution is 2.49. The van der Waals surface area contributed by atoms with E-state index in [9.17, 15) is 0 Å². The minimum Gasteiger partial charge on any atom is -0.487 e. The van der Waals surface area contributed by atoms with Gasteiger partial charge in [0.2, 0.25) is 0 Å². The second-order valence-electron chi connectivity index (χ2n) is 5.71. The summed E-state index contributed by atoms with van der Waals surface area (Å²) in [6, 6.07) is 4.62. The molecule has 1 atom stereocenters. The molecule has 3 nitrogen and oxygen atoms in total. The molecule has 1 aliphatic carbocycles. The maximum atomic E-state index is 6.30. The van der Waals surface area contributed by atoms with Gasteiger partial charge in [0.05, 0.1) is 13.2 Å². The number of hydrogen-bond donors (Lipinski definition) is 1. The van der Waals surface area contributed by atoms with Crippen molar-refractivity contribution in [3.05, 3.63) is 28.8 Å². The van der Waals surface area contributed by atoms with Gasteiger partial charge in [0.25, 0.3) is 0 Å². The van der Waals surface area contributed by atoms with E-state index in [1.165, 1.54) is 36.0 Å². The molecule has 1 fully saturated rings. The Morgan fingerprint density at radius 1 is 1.33 bits per heavy atom. The van der Waals surface area contributed by atoms with Crippen molar-refractivity contribution >= 4 is 0 Å². The van der Waals surface area contributed by atoms with Crippen LogP contribution in [0.3, 0.4) is 0 Å². The molecule has 1 aromatic rings. The van der Waals surface area contributed by atoms with Crippen LogP contribution in [0.1, 0.15) is 48.4 Å². The van der Waals surface area contributed by atoms with Gasteiger partial charge in [-0.2, -0.15) is 5.48 Å². The largest absolute Gasteiger partial charge is 0.487 e. The van der Waals surface area contributed by atoms with Crippen LogP contribution < -0.4 is 10.2 Å². The second kappa shape index (κ2) is 4.25. The van der Waals surface area contributed by atoms with Crippen LogP contribution in [0, 0.1) is 13.8 Å². The predicted molar refractivity (Wildman–Crippen MR) is 70.6 cm³/mol. The van der Waals surface area contributed by atoms with E-state index < -0.39 is 0 Å². The van der Waals surface area contributed by atoms with E-state index in [1.807, 2.05) is 0 Å². The van der Waals surface area contributed by atoms with Crippen LogP contribution in [0.25, 0.3) is 0 Å². The van der Waals surface area contributed by atoms with Crippen molar-refractivity contribution in [1.29, 1.82) is 0 Å². The minimum absolute atomic E-state index is 0.0590. The quantitative estimate of drug-likeness (QED) is 0.814. The van der Waals surface area contributed by atoms with Gasteiger partial charge < -0.3 is 9.57 Å². The highest BCUT2D eigenvalue weighted by molar-refractivity contribution is 5.47. The number of benzene rings is 1. The Kier molecular flexibility index (Phi) is 2.83. The van der Waals surface area contributed by atoms with Crippen molar-refractivity contribution < 1.29 is 9.57 Å². The van der Waals surface area contributed by atoms with E-state index in [0.717, 1.165) is 12.2 Å². The zero-order valence-electron chi connectivity index (χ0n) is 11.4. The number of nitrogens with one attached hydrogen (secondary N) is 1. The summed E-state index contributed by atoms with van der Waals surface area (Å²) in [5, 5.41) is 0. The molecule has 1 saturated carbocycles. The first-order valence-corrected chi connectivity index (χ1v) is 6.72. The van der Waals surface area contributed by atoms with Crippen LogP contribution in [-0.2, 0) is 4.84 Å². The van der Waals surface area contributed by atoms with Gasteiger partial charge in [-0.1, -0.05) is 6.07 Å². The topological polar surface area (TPSA) is 30.5 Å². The normalized spacial score (nSPS) is 24.3. The molecule has 1 N–H and O–H groups in total. The second-order valence-corrected chi connectivity index (χ2v) is 5.71. The molecule has 0 aromatic heterocycles. The van der Waals surface area contributed by atoms with Crippen molar-refractivity contribution in [3.63, 3.8) is 0 Å². The minimum atomic E-state index is 0.0590. The summed E-state index contributed by atoms with van der Waals surface area (Å²) < 4.78 is 6.30. The lowest BCUT2D eigenvalue weighted by Crippen LogP contribution is -2.49. The molecule has 1 unspecified atom stereocenters. The van der Waals surface area contributed by atoms with E-state index in [0.29, 0.717) is 0 Å². The smallest absolute Gasteiger partial charge is 0.125 e. The van der Waals surface area contributed by atoms with E-state index in [-0.39, 0.29) is 11.6 Å². The van der Waals surface area contributed by atoms with E-state index in [4.69, 9.17) is 9.57 Å². The number of hydroxylamine groups is 1. The lowest BCUT2D eigenvalue weighted by molar-refractivity contribution is -0.0600. The highest BCUT2D eigenvalue weighted by atomic mass is 16.6. The zero-order valence-corrected chi connectivity index (χ0v) is 11.4. The van der Waals surface area contributed by atoms with Crippen LogP contribution in [0.5, 0.6) is 5.75 Å². The summed E-state index contributed by atoms with van der Waals surface area (Å²) in [6.07, 6.45) is 4.63. The molecular formula is C15H21NO2. The molecule has 3 rings (SSSR count). The van der Waals surface area contributed by atoms with Gasteiger partial charge in [0, 0.05) is 12.0 Å². The van der Waals surface area contributed by atoms with Crippen molar-refractivity contribution in [3.8, 4) is 5.75 Å². The summed E-state index contributed by atoms with van der Waals surface area (Å²) in [4.78, 5) is 5.18. The molecule has 98 valence electrons. The van der Waals surface area contributed by atoms with Crippen LogP contribution in [-0.4, -0.2) is 12.7 Å². The van der Waals surface area contributed by atoms with Crippen LogP contribution >= 0.6 is 0 Å². The molecule has 18 heavy (non-hydrogen) atoms. The van der Waals surface area contributed by atoms with Crippen LogP contribution in [0.4, 0.5) is 0 Å². The summed E-state index contributed by atoms with van der Waals surface area (Å²) in [5.74, 6) is 1.05. The molecule has 3 heteroatoms. The average Bonchev–Trinajstić information content (AvgIpc) is 2.25. The van der Waals surface area contributed by atoms with Gasteiger partial charge in [-0.15, -0.1) is 0 Å².